The van der Waals surface area contributed by atoms with Crippen LogP contribution < -0.4 is 10.6 Å². The molecule has 0 aromatic heterocycles. The third-order valence-electron chi connectivity index (χ3n) is 2.74. The summed E-state index contributed by atoms with van der Waals surface area (Å²) >= 11 is 16.7. The van der Waals surface area contributed by atoms with Crippen LogP contribution in [0.25, 0.3) is 0 Å². The lowest BCUT2D eigenvalue weighted by atomic mass is 10.2. The van der Waals surface area contributed by atoms with Crippen molar-refractivity contribution < 1.29 is 17.6 Å². The average Bonchev–Trinajstić information content (AvgIpc) is 2.45. The minimum atomic E-state index is -4.59. The van der Waals surface area contributed by atoms with Gasteiger partial charge in [0.2, 0.25) is 0 Å². The first-order chi connectivity index (χ1) is 10.7. The van der Waals surface area contributed by atoms with E-state index in [2.05, 4.69) is 10.6 Å². The average molecular weight is 383 g/mol. The van der Waals surface area contributed by atoms with E-state index in [9.17, 15) is 17.6 Å². The number of hydrogen-bond donors (Lipinski definition) is 2. The standard InChI is InChI=1S/C14H8Cl2F4N2S/c15-8-2-1-3-10(12(8)16)21-13(23)22-11-6-7(14(18,19)20)4-5-9(11)17/h1-6H,(H2,21,22,23). The van der Waals surface area contributed by atoms with Gasteiger partial charge in [-0.2, -0.15) is 13.2 Å². The van der Waals surface area contributed by atoms with Crippen LogP contribution in [-0.2, 0) is 6.18 Å². The molecule has 122 valence electrons. The number of rotatable bonds is 2. The summed E-state index contributed by atoms with van der Waals surface area (Å²) in [5.41, 5.74) is -1.07. The number of hydrogen-bond acceptors (Lipinski definition) is 1. The molecular formula is C14H8Cl2F4N2S. The van der Waals surface area contributed by atoms with E-state index in [1.165, 1.54) is 0 Å². The summed E-state index contributed by atoms with van der Waals surface area (Å²) in [5, 5.41) is 5.32. The Kier molecular flexibility index (Phi) is 5.33. The molecule has 2 aromatic rings. The Hall–Kier alpha value is -1.57. The molecule has 0 saturated heterocycles. The van der Waals surface area contributed by atoms with Gasteiger partial charge in [0.1, 0.15) is 5.82 Å². The highest BCUT2D eigenvalue weighted by atomic mass is 35.5. The molecular weight excluding hydrogens is 375 g/mol. The largest absolute Gasteiger partial charge is 0.416 e. The van der Waals surface area contributed by atoms with Crippen LogP contribution in [0.3, 0.4) is 0 Å². The van der Waals surface area contributed by atoms with Gasteiger partial charge in [-0.05, 0) is 42.5 Å². The van der Waals surface area contributed by atoms with Crippen molar-refractivity contribution in [2.45, 2.75) is 6.18 Å². The predicted molar refractivity (Wildman–Crippen MR) is 87.7 cm³/mol. The minimum Gasteiger partial charge on any atom is -0.331 e. The second-order valence-corrected chi connectivity index (χ2v) is 5.57. The Morgan fingerprint density at radius 2 is 1.65 bits per heavy atom. The Balaban J connectivity index is 2.19. The molecule has 0 saturated carbocycles. The van der Waals surface area contributed by atoms with Crippen LogP contribution in [0.4, 0.5) is 28.9 Å². The quantitative estimate of drug-likeness (QED) is 0.494. The third kappa shape index (κ3) is 4.46. The highest BCUT2D eigenvalue weighted by molar-refractivity contribution is 7.80. The Morgan fingerprint density at radius 1 is 1.00 bits per heavy atom. The van der Waals surface area contributed by atoms with Crippen LogP contribution in [0.5, 0.6) is 0 Å². The van der Waals surface area contributed by atoms with Crippen molar-refractivity contribution in [3.05, 3.63) is 57.8 Å². The van der Waals surface area contributed by atoms with Crippen molar-refractivity contribution >= 4 is 51.9 Å². The summed E-state index contributed by atoms with van der Waals surface area (Å²) in [7, 11) is 0. The molecule has 0 atom stereocenters. The molecule has 23 heavy (non-hydrogen) atoms. The number of anilines is 2. The molecule has 2 nitrogen and oxygen atoms in total. The molecule has 9 heteroatoms. The van der Waals surface area contributed by atoms with Gasteiger partial charge in [0.15, 0.2) is 5.11 Å². The number of benzene rings is 2. The zero-order valence-corrected chi connectivity index (χ0v) is 13.5. The molecule has 0 aliphatic heterocycles. The minimum absolute atomic E-state index is 0.132. The fourth-order valence-corrected chi connectivity index (χ4v) is 2.24. The van der Waals surface area contributed by atoms with Crippen molar-refractivity contribution in [3.8, 4) is 0 Å². The predicted octanol–water partition coefficient (Wildman–Crippen LogP) is 5.96. The van der Waals surface area contributed by atoms with Crippen LogP contribution in [0.2, 0.25) is 10.0 Å². The molecule has 0 radical (unpaired) electrons. The van der Waals surface area contributed by atoms with Crippen LogP contribution in [0.15, 0.2) is 36.4 Å². The van der Waals surface area contributed by atoms with Crippen molar-refractivity contribution in [3.63, 3.8) is 0 Å². The molecule has 0 unspecified atom stereocenters. The van der Waals surface area contributed by atoms with Crippen LogP contribution in [-0.4, -0.2) is 5.11 Å². The SMILES string of the molecule is Fc1ccc(C(F)(F)F)cc1NC(=S)Nc1cccc(Cl)c1Cl. The second-order valence-electron chi connectivity index (χ2n) is 4.37. The number of halogens is 6. The molecule has 0 amide bonds. The van der Waals surface area contributed by atoms with Crippen LogP contribution in [0, 0.1) is 5.82 Å². The molecule has 0 fully saturated rings. The smallest absolute Gasteiger partial charge is 0.331 e. The molecule has 0 aliphatic rings. The van der Waals surface area contributed by atoms with Gasteiger partial charge >= 0.3 is 6.18 Å². The van der Waals surface area contributed by atoms with Gasteiger partial charge in [-0.3, -0.25) is 0 Å². The lowest BCUT2D eigenvalue weighted by Crippen LogP contribution is -2.20. The van der Waals surface area contributed by atoms with Crippen molar-refractivity contribution in [2.75, 3.05) is 10.6 Å². The van der Waals surface area contributed by atoms with E-state index >= 15 is 0 Å². The third-order valence-corrected chi connectivity index (χ3v) is 3.76. The summed E-state index contributed by atoms with van der Waals surface area (Å²) in [6.45, 7) is 0. The van der Waals surface area contributed by atoms with E-state index in [0.717, 1.165) is 0 Å². The van der Waals surface area contributed by atoms with Gasteiger partial charge in [-0.1, -0.05) is 29.3 Å². The number of thiocarbonyl (C=S) groups is 1. The Bertz CT molecular complexity index is 750. The maximum atomic E-state index is 13.6. The Labute approximate surface area is 144 Å². The van der Waals surface area contributed by atoms with E-state index < -0.39 is 23.2 Å². The first-order valence-electron chi connectivity index (χ1n) is 6.07. The van der Waals surface area contributed by atoms with E-state index in [1.54, 1.807) is 18.2 Å². The molecule has 0 bridgehead atoms. The summed E-state index contributed by atoms with van der Waals surface area (Å²) in [4.78, 5) is 0. The highest BCUT2D eigenvalue weighted by Crippen LogP contribution is 2.32. The molecule has 2 rings (SSSR count). The number of nitrogens with one attached hydrogen (secondary N) is 2. The number of alkyl halides is 3. The van der Waals surface area contributed by atoms with Gasteiger partial charge in [-0.15, -0.1) is 0 Å². The Morgan fingerprint density at radius 3 is 2.30 bits per heavy atom. The zero-order valence-electron chi connectivity index (χ0n) is 11.1. The van der Waals surface area contributed by atoms with Crippen molar-refractivity contribution in [2.24, 2.45) is 0 Å². The van der Waals surface area contributed by atoms with Gasteiger partial charge in [0.05, 0.1) is 27.0 Å². The molecule has 0 heterocycles. The fourth-order valence-electron chi connectivity index (χ4n) is 1.67. The van der Waals surface area contributed by atoms with Crippen molar-refractivity contribution in [1.29, 1.82) is 0 Å². The summed E-state index contributed by atoms with van der Waals surface area (Å²) < 4.78 is 51.6. The van der Waals surface area contributed by atoms with Gasteiger partial charge in [0, 0.05) is 0 Å². The van der Waals surface area contributed by atoms with Gasteiger partial charge < -0.3 is 10.6 Å². The molecule has 2 aromatic carbocycles. The topological polar surface area (TPSA) is 24.1 Å². The fraction of sp³-hybridized carbons (Fsp3) is 0.0714. The van der Waals surface area contributed by atoms with Crippen LogP contribution in [0.1, 0.15) is 5.56 Å². The van der Waals surface area contributed by atoms with Gasteiger partial charge in [0.25, 0.3) is 0 Å². The highest BCUT2D eigenvalue weighted by Gasteiger charge is 2.31. The second kappa shape index (κ2) is 6.90. The zero-order chi connectivity index (χ0) is 17.2. The van der Waals surface area contributed by atoms with Gasteiger partial charge in [-0.25, -0.2) is 4.39 Å². The molecule has 0 spiro atoms. The van der Waals surface area contributed by atoms with Crippen LogP contribution >= 0.6 is 35.4 Å². The monoisotopic (exact) mass is 382 g/mol. The summed E-state index contributed by atoms with van der Waals surface area (Å²) in [6.07, 6.45) is -4.59. The van der Waals surface area contributed by atoms with E-state index in [-0.39, 0.29) is 15.2 Å². The molecule has 0 aliphatic carbocycles. The lowest BCUT2D eigenvalue weighted by Gasteiger charge is -2.14. The maximum Gasteiger partial charge on any atom is 0.416 e. The molecule has 2 N–H and O–H groups in total. The maximum absolute atomic E-state index is 13.6. The van der Waals surface area contributed by atoms with E-state index in [4.69, 9.17) is 35.4 Å². The van der Waals surface area contributed by atoms with E-state index in [1.807, 2.05) is 0 Å². The van der Waals surface area contributed by atoms with Crippen molar-refractivity contribution in [1.82, 2.24) is 0 Å². The normalized spacial score (nSPS) is 11.2. The van der Waals surface area contributed by atoms with E-state index in [0.29, 0.717) is 23.9 Å². The summed E-state index contributed by atoms with van der Waals surface area (Å²) in [5.74, 6) is -0.876. The first kappa shape index (κ1) is 17.8. The summed E-state index contributed by atoms with van der Waals surface area (Å²) in [6, 6.07) is 6.70. The first-order valence-corrected chi connectivity index (χ1v) is 7.23. The lowest BCUT2D eigenvalue weighted by molar-refractivity contribution is -0.137.